The minimum absolute atomic E-state index is 0.0188. The first-order valence-corrected chi connectivity index (χ1v) is 10.2. The number of nitrogens with zero attached hydrogens (tertiary/aromatic N) is 3. The van der Waals surface area contributed by atoms with E-state index in [4.69, 9.17) is 32.9 Å². The number of nitrogens with one attached hydrogen (secondary N) is 1. The highest BCUT2D eigenvalue weighted by atomic mass is 35.5. The van der Waals surface area contributed by atoms with Gasteiger partial charge in [-0.3, -0.25) is 4.79 Å². The molecule has 4 aromatic rings. The van der Waals surface area contributed by atoms with E-state index in [0.29, 0.717) is 44.7 Å². The zero-order chi connectivity index (χ0) is 21.4. The molecule has 0 unspecified atom stereocenters. The summed E-state index contributed by atoms with van der Waals surface area (Å²) in [4.78, 5) is 20.6. The predicted octanol–water partition coefficient (Wildman–Crippen LogP) is 5.14. The number of aromatic amines is 1. The third-order valence-electron chi connectivity index (χ3n) is 4.84. The molecule has 0 fully saturated rings. The van der Waals surface area contributed by atoms with Gasteiger partial charge in [-0.05, 0) is 35.7 Å². The van der Waals surface area contributed by atoms with E-state index in [-0.39, 0.29) is 11.5 Å². The molecule has 2 heterocycles. The average molecular weight is 443 g/mol. The normalized spacial score (nSPS) is 11.4. The first-order valence-electron chi connectivity index (χ1n) is 9.48. The lowest BCUT2D eigenvalue weighted by molar-refractivity contribution is 0.414. The van der Waals surface area contributed by atoms with Gasteiger partial charge in [0.2, 0.25) is 0 Å². The van der Waals surface area contributed by atoms with Crippen LogP contribution < -0.4 is 10.3 Å². The van der Waals surface area contributed by atoms with Crippen LogP contribution >= 0.6 is 23.2 Å². The average Bonchev–Trinajstić information content (AvgIpc) is 3.09. The van der Waals surface area contributed by atoms with Crippen LogP contribution in [0.3, 0.4) is 0 Å². The van der Waals surface area contributed by atoms with Crippen molar-refractivity contribution in [3.63, 3.8) is 0 Å². The number of para-hydroxylation sites is 1. The summed E-state index contributed by atoms with van der Waals surface area (Å²) in [7, 11) is 1.62. The topological polar surface area (TPSA) is 72.8 Å². The van der Waals surface area contributed by atoms with Gasteiger partial charge in [0.1, 0.15) is 22.6 Å². The molecule has 0 aliphatic heterocycles. The lowest BCUT2D eigenvalue weighted by Gasteiger charge is -2.08. The minimum atomic E-state index is -0.235. The summed E-state index contributed by atoms with van der Waals surface area (Å²) in [6, 6.07) is 12.8. The number of H-pyrrole nitrogens is 1. The molecule has 2 aromatic heterocycles. The standard InChI is InChI=1S/C22H20Cl2N4O2/c1-12(2)19-18-21(28(27-19)20-15(23)5-4-6-16(20)24)25-17(26-22(18)29)11-13-7-9-14(30-3)10-8-13/h4-10,12H,11H2,1-3H3,(H,25,26,29). The molecular weight excluding hydrogens is 423 g/mol. The van der Waals surface area contributed by atoms with E-state index in [1.54, 1.807) is 30.0 Å². The summed E-state index contributed by atoms with van der Waals surface area (Å²) >= 11 is 12.8. The van der Waals surface area contributed by atoms with E-state index in [1.165, 1.54) is 0 Å². The number of hydrogen-bond donors (Lipinski definition) is 1. The molecule has 0 atom stereocenters. The summed E-state index contributed by atoms with van der Waals surface area (Å²) in [6.07, 6.45) is 0.452. The number of aromatic nitrogens is 4. The Morgan fingerprint density at radius 2 is 1.77 bits per heavy atom. The molecule has 0 aliphatic rings. The predicted molar refractivity (Wildman–Crippen MR) is 119 cm³/mol. The molecule has 30 heavy (non-hydrogen) atoms. The van der Waals surface area contributed by atoms with E-state index >= 15 is 0 Å². The van der Waals surface area contributed by atoms with Gasteiger partial charge in [-0.2, -0.15) is 5.10 Å². The van der Waals surface area contributed by atoms with Crippen molar-refractivity contribution in [2.45, 2.75) is 26.2 Å². The van der Waals surface area contributed by atoms with Crippen molar-refractivity contribution in [1.29, 1.82) is 0 Å². The van der Waals surface area contributed by atoms with Gasteiger partial charge >= 0.3 is 0 Å². The zero-order valence-corrected chi connectivity index (χ0v) is 18.3. The SMILES string of the molecule is COc1ccc(Cc2nc3c(c(C(C)C)nn3-c3c(Cl)cccc3Cl)c(=O)[nH]2)cc1. The Labute approximate surface area is 183 Å². The van der Waals surface area contributed by atoms with Crippen molar-refractivity contribution in [3.05, 3.63) is 79.9 Å². The number of fused-ring (bicyclic) bond motifs is 1. The van der Waals surface area contributed by atoms with E-state index in [0.717, 1.165) is 11.3 Å². The van der Waals surface area contributed by atoms with Crippen LogP contribution in [0.4, 0.5) is 0 Å². The number of hydrogen-bond acceptors (Lipinski definition) is 4. The molecule has 0 aliphatic carbocycles. The second kappa shape index (κ2) is 8.13. The first kappa shape index (κ1) is 20.4. The third kappa shape index (κ3) is 3.68. The molecule has 0 saturated heterocycles. The van der Waals surface area contributed by atoms with E-state index in [1.807, 2.05) is 38.1 Å². The number of methoxy groups -OCH3 is 1. The summed E-state index contributed by atoms with van der Waals surface area (Å²) in [5, 5.41) is 5.97. The van der Waals surface area contributed by atoms with Gasteiger partial charge in [-0.15, -0.1) is 0 Å². The second-order valence-corrected chi connectivity index (χ2v) is 8.07. The van der Waals surface area contributed by atoms with Crippen LogP contribution in [0.25, 0.3) is 16.7 Å². The second-order valence-electron chi connectivity index (χ2n) is 7.26. The fourth-order valence-corrected chi connectivity index (χ4v) is 3.93. The van der Waals surface area contributed by atoms with Crippen molar-refractivity contribution in [3.8, 4) is 11.4 Å². The van der Waals surface area contributed by atoms with Crippen LogP contribution in [0.15, 0.2) is 47.3 Å². The van der Waals surface area contributed by atoms with E-state index in [2.05, 4.69) is 10.1 Å². The number of benzene rings is 2. The van der Waals surface area contributed by atoms with Gasteiger partial charge in [0.25, 0.3) is 5.56 Å². The Bertz CT molecular complexity index is 1260. The minimum Gasteiger partial charge on any atom is -0.497 e. The fraction of sp³-hybridized carbons (Fsp3) is 0.227. The van der Waals surface area contributed by atoms with Gasteiger partial charge in [0, 0.05) is 6.42 Å². The molecular formula is C22H20Cl2N4O2. The molecule has 1 N–H and O–H groups in total. The quantitative estimate of drug-likeness (QED) is 0.464. The molecule has 0 amide bonds. The molecule has 0 bridgehead atoms. The summed E-state index contributed by atoms with van der Waals surface area (Å²) in [5.41, 5.74) is 2.34. The summed E-state index contributed by atoms with van der Waals surface area (Å²) in [6.45, 7) is 3.95. The zero-order valence-electron chi connectivity index (χ0n) is 16.7. The number of ether oxygens (including phenoxy) is 1. The van der Waals surface area contributed by atoms with Gasteiger partial charge in [0.15, 0.2) is 5.65 Å². The molecule has 0 saturated carbocycles. The van der Waals surface area contributed by atoms with Crippen LogP contribution in [-0.4, -0.2) is 26.9 Å². The molecule has 0 spiro atoms. The van der Waals surface area contributed by atoms with E-state index in [9.17, 15) is 4.79 Å². The highest BCUT2D eigenvalue weighted by molar-refractivity contribution is 6.37. The van der Waals surface area contributed by atoms with Crippen LogP contribution in [0.2, 0.25) is 10.0 Å². The lowest BCUT2D eigenvalue weighted by Crippen LogP contribution is -2.14. The smallest absolute Gasteiger partial charge is 0.262 e. The molecule has 6 nitrogen and oxygen atoms in total. The van der Waals surface area contributed by atoms with Crippen molar-refractivity contribution in [2.75, 3.05) is 7.11 Å². The Hall–Kier alpha value is -2.83. The maximum absolute atomic E-state index is 13.0. The summed E-state index contributed by atoms with van der Waals surface area (Å²) < 4.78 is 6.77. The highest BCUT2D eigenvalue weighted by Crippen LogP contribution is 2.32. The van der Waals surface area contributed by atoms with Gasteiger partial charge in [0.05, 0.1) is 22.8 Å². The highest BCUT2D eigenvalue weighted by Gasteiger charge is 2.22. The van der Waals surface area contributed by atoms with Gasteiger partial charge in [-0.25, -0.2) is 9.67 Å². The Kier molecular flexibility index (Phi) is 5.54. The van der Waals surface area contributed by atoms with E-state index < -0.39 is 0 Å². The molecule has 4 rings (SSSR count). The van der Waals surface area contributed by atoms with Crippen molar-refractivity contribution in [2.24, 2.45) is 0 Å². The number of rotatable bonds is 5. The maximum Gasteiger partial charge on any atom is 0.262 e. The lowest BCUT2D eigenvalue weighted by atomic mass is 10.1. The van der Waals surface area contributed by atoms with Crippen LogP contribution in [0, 0.1) is 0 Å². The molecule has 0 radical (unpaired) electrons. The largest absolute Gasteiger partial charge is 0.497 e. The van der Waals surface area contributed by atoms with Crippen molar-refractivity contribution in [1.82, 2.24) is 19.7 Å². The van der Waals surface area contributed by atoms with Crippen LogP contribution in [-0.2, 0) is 6.42 Å². The van der Waals surface area contributed by atoms with Gasteiger partial charge in [-0.1, -0.05) is 55.2 Å². The maximum atomic E-state index is 13.0. The van der Waals surface area contributed by atoms with Crippen LogP contribution in [0.1, 0.15) is 36.8 Å². The van der Waals surface area contributed by atoms with Crippen LogP contribution in [0.5, 0.6) is 5.75 Å². The van der Waals surface area contributed by atoms with Gasteiger partial charge < -0.3 is 9.72 Å². The first-order chi connectivity index (χ1) is 14.4. The Balaban J connectivity index is 1.91. The monoisotopic (exact) mass is 442 g/mol. The number of halogens is 2. The third-order valence-corrected chi connectivity index (χ3v) is 5.45. The van der Waals surface area contributed by atoms with Crippen molar-refractivity contribution >= 4 is 34.2 Å². The molecule has 2 aromatic carbocycles. The summed E-state index contributed by atoms with van der Waals surface area (Å²) in [5.74, 6) is 1.31. The molecule has 8 heteroatoms. The Morgan fingerprint density at radius 1 is 1.10 bits per heavy atom. The molecule has 154 valence electrons. The fourth-order valence-electron chi connectivity index (χ4n) is 3.37. The Morgan fingerprint density at radius 3 is 2.37 bits per heavy atom. The van der Waals surface area contributed by atoms with Crippen molar-refractivity contribution < 1.29 is 4.74 Å².